The Morgan fingerprint density at radius 2 is 2.29 bits per heavy atom. The zero-order chi connectivity index (χ0) is 11.8. The van der Waals surface area contributed by atoms with Gasteiger partial charge in [-0.1, -0.05) is 0 Å². The summed E-state index contributed by atoms with van der Waals surface area (Å²) in [6.07, 6.45) is 5.39. The average Bonchev–Trinajstić information content (AvgIpc) is 3.09. The fraction of sp³-hybridized carbons (Fsp3) is 0.273. The largest absolute Gasteiger partial charge is 0.475 e. The number of aromatic nitrogens is 4. The zero-order valence-corrected chi connectivity index (χ0v) is 8.95. The summed E-state index contributed by atoms with van der Waals surface area (Å²) in [5.74, 6) is -0.212. The van der Waals surface area contributed by atoms with E-state index in [1.165, 1.54) is 0 Å². The molecule has 0 aliphatic heterocycles. The van der Waals surface area contributed by atoms with E-state index >= 15 is 0 Å². The molecule has 0 unspecified atom stereocenters. The Morgan fingerprint density at radius 1 is 1.47 bits per heavy atom. The van der Waals surface area contributed by atoms with E-state index in [0.717, 1.165) is 24.4 Å². The number of hydrogen-bond acceptors (Lipinski definition) is 4. The van der Waals surface area contributed by atoms with Gasteiger partial charge in [-0.3, -0.25) is 4.98 Å². The van der Waals surface area contributed by atoms with Crippen LogP contribution < -0.4 is 0 Å². The lowest BCUT2D eigenvalue weighted by molar-refractivity contribution is 0.0683. The molecule has 0 saturated heterocycles. The third-order valence-corrected chi connectivity index (χ3v) is 2.66. The molecule has 2 aromatic heterocycles. The summed E-state index contributed by atoms with van der Waals surface area (Å²) in [6.45, 7) is 0. The van der Waals surface area contributed by atoms with E-state index < -0.39 is 5.97 Å². The van der Waals surface area contributed by atoms with Gasteiger partial charge in [0, 0.05) is 12.1 Å². The second-order valence-electron chi connectivity index (χ2n) is 4.00. The minimum absolute atomic E-state index is 0.157. The van der Waals surface area contributed by atoms with E-state index in [-0.39, 0.29) is 5.82 Å². The van der Waals surface area contributed by atoms with Crippen LogP contribution in [-0.4, -0.2) is 30.8 Å². The van der Waals surface area contributed by atoms with Crippen LogP contribution in [-0.2, 0) is 0 Å². The Morgan fingerprint density at radius 3 is 2.88 bits per heavy atom. The summed E-state index contributed by atoms with van der Waals surface area (Å²) < 4.78 is 1.58. The molecule has 0 aromatic carbocycles. The monoisotopic (exact) mass is 230 g/mol. The molecule has 2 heterocycles. The van der Waals surface area contributed by atoms with Crippen molar-refractivity contribution in [1.82, 2.24) is 19.7 Å². The van der Waals surface area contributed by atoms with Gasteiger partial charge in [-0.25, -0.2) is 14.5 Å². The fourth-order valence-corrected chi connectivity index (χ4v) is 1.69. The molecule has 1 fully saturated rings. The molecule has 1 aliphatic carbocycles. The number of carbonyl (C=O) groups is 1. The molecule has 1 aliphatic rings. The van der Waals surface area contributed by atoms with E-state index in [4.69, 9.17) is 5.11 Å². The zero-order valence-electron chi connectivity index (χ0n) is 8.95. The van der Waals surface area contributed by atoms with Crippen molar-refractivity contribution in [3.63, 3.8) is 0 Å². The molecule has 0 amide bonds. The number of pyridine rings is 1. The van der Waals surface area contributed by atoms with Gasteiger partial charge in [-0.2, -0.15) is 0 Å². The summed E-state index contributed by atoms with van der Waals surface area (Å²) in [5, 5.41) is 12.9. The maximum Gasteiger partial charge on any atom is 0.375 e. The van der Waals surface area contributed by atoms with Gasteiger partial charge in [0.05, 0.1) is 11.9 Å². The SMILES string of the molecule is O=C(O)c1nc(C2CC2)n(-c2cccnc2)n1. The first-order valence-electron chi connectivity index (χ1n) is 5.36. The molecule has 0 spiro atoms. The molecule has 2 aromatic rings. The highest BCUT2D eigenvalue weighted by atomic mass is 16.4. The molecule has 0 radical (unpaired) electrons. The minimum Gasteiger partial charge on any atom is -0.475 e. The van der Waals surface area contributed by atoms with Crippen LogP contribution in [0, 0.1) is 0 Å². The van der Waals surface area contributed by atoms with E-state index in [9.17, 15) is 4.79 Å². The Labute approximate surface area is 96.9 Å². The van der Waals surface area contributed by atoms with Crippen molar-refractivity contribution >= 4 is 5.97 Å². The number of carboxylic acid groups (broad SMARTS) is 1. The minimum atomic E-state index is -1.10. The second kappa shape index (κ2) is 3.65. The van der Waals surface area contributed by atoms with Crippen LogP contribution in [0.4, 0.5) is 0 Å². The number of carboxylic acids is 1. The van der Waals surface area contributed by atoms with Crippen LogP contribution in [0.1, 0.15) is 35.2 Å². The van der Waals surface area contributed by atoms with Crippen LogP contribution in [0.25, 0.3) is 5.69 Å². The number of aromatic carboxylic acids is 1. The maximum absolute atomic E-state index is 10.9. The first-order valence-corrected chi connectivity index (χ1v) is 5.36. The average molecular weight is 230 g/mol. The summed E-state index contributed by atoms with van der Waals surface area (Å²) in [6, 6.07) is 3.62. The summed E-state index contributed by atoms with van der Waals surface area (Å²) in [5.41, 5.74) is 0.745. The van der Waals surface area contributed by atoms with Gasteiger partial charge in [0.2, 0.25) is 0 Å². The van der Waals surface area contributed by atoms with Gasteiger partial charge in [-0.15, -0.1) is 5.10 Å². The van der Waals surface area contributed by atoms with Crippen LogP contribution in [0.15, 0.2) is 24.5 Å². The van der Waals surface area contributed by atoms with Crippen molar-refractivity contribution in [2.75, 3.05) is 0 Å². The molecule has 0 bridgehead atoms. The number of nitrogens with zero attached hydrogens (tertiary/aromatic N) is 4. The highest BCUT2D eigenvalue weighted by molar-refractivity contribution is 5.83. The smallest absolute Gasteiger partial charge is 0.375 e. The quantitative estimate of drug-likeness (QED) is 0.857. The Balaban J connectivity index is 2.11. The van der Waals surface area contributed by atoms with E-state index in [2.05, 4.69) is 15.1 Å². The van der Waals surface area contributed by atoms with Crippen molar-refractivity contribution in [2.45, 2.75) is 18.8 Å². The van der Waals surface area contributed by atoms with Crippen LogP contribution in [0.2, 0.25) is 0 Å². The Bertz CT molecular complexity index is 560. The van der Waals surface area contributed by atoms with Crippen molar-refractivity contribution in [3.05, 3.63) is 36.2 Å². The van der Waals surface area contributed by atoms with Crippen molar-refractivity contribution in [3.8, 4) is 5.69 Å². The van der Waals surface area contributed by atoms with Crippen LogP contribution >= 0.6 is 0 Å². The maximum atomic E-state index is 10.9. The van der Waals surface area contributed by atoms with Gasteiger partial charge in [0.25, 0.3) is 5.82 Å². The predicted molar refractivity (Wildman–Crippen MR) is 58.1 cm³/mol. The van der Waals surface area contributed by atoms with Gasteiger partial charge in [0.15, 0.2) is 0 Å². The molecular weight excluding hydrogens is 220 g/mol. The molecule has 1 saturated carbocycles. The third kappa shape index (κ3) is 1.77. The van der Waals surface area contributed by atoms with Gasteiger partial charge < -0.3 is 5.11 Å². The molecule has 1 N–H and O–H groups in total. The highest BCUT2D eigenvalue weighted by Crippen LogP contribution is 2.39. The molecule has 17 heavy (non-hydrogen) atoms. The molecule has 6 heteroatoms. The normalized spacial score (nSPS) is 14.8. The lowest BCUT2D eigenvalue weighted by Gasteiger charge is -2.02. The van der Waals surface area contributed by atoms with Crippen LogP contribution in [0.5, 0.6) is 0 Å². The third-order valence-electron chi connectivity index (χ3n) is 2.66. The first kappa shape index (κ1) is 9.95. The van der Waals surface area contributed by atoms with E-state index in [1.54, 1.807) is 23.1 Å². The molecular formula is C11H10N4O2. The lowest BCUT2D eigenvalue weighted by atomic mass is 10.3. The summed E-state index contributed by atoms with van der Waals surface area (Å²) in [4.78, 5) is 19.0. The summed E-state index contributed by atoms with van der Waals surface area (Å²) >= 11 is 0. The molecule has 3 rings (SSSR count). The number of rotatable bonds is 3. The van der Waals surface area contributed by atoms with Crippen molar-refractivity contribution in [1.29, 1.82) is 0 Å². The standard InChI is InChI=1S/C11H10N4O2/c16-11(17)9-13-10(7-3-4-7)15(14-9)8-2-1-5-12-6-8/h1-2,5-7H,3-4H2,(H,16,17). The van der Waals surface area contributed by atoms with Gasteiger partial charge in [0.1, 0.15) is 5.82 Å². The molecule has 0 atom stereocenters. The lowest BCUT2D eigenvalue weighted by Crippen LogP contribution is -2.03. The Hall–Kier alpha value is -2.24. The first-order chi connectivity index (χ1) is 8.25. The predicted octanol–water partition coefficient (Wildman–Crippen LogP) is 1.24. The summed E-state index contributed by atoms with van der Waals surface area (Å²) in [7, 11) is 0. The van der Waals surface area contributed by atoms with Crippen LogP contribution in [0.3, 0.4) is 0 Å². The van der Waals surface area contributed by atoms with Gasteiger partial charge >= 0.3 is 5.97 Å². The highest BCUT2D eigenvalue weighted by Gasteiger charge is 2.31. The van der Waals surface area contributed by atoms with E-state index in [1.807, 2.05) is 6.07 Å². The van der Waals surface area contributed by atoms with E-state index in [0.29, 0.717) is 5.92 Å². The van der Waals surface area contributed by atoms with Crippen molar-refractivity contribution < 1.29 is 9.90 Å². The second-order valence-corrected chi connectivity index (χ2v) is 4.00. The molecule has 6 nitrogen and oxygen atoms in total. The number of hydrogen-bond donors (Lipinski definition) is 1. The van der Waals surface area contributed by atoms with Gasteiger partial charge in [-0.05, 0) is 25.0 Å². The topological polar surface area (TPSA) is 80.9 Å². The van der Waals surface area contributed by atoms with Crippen molar-refractivity contribution in [2.24, 2.45) is 0 Å². The fourth-order valence-electron chi connectivity index (χ4n) is 1.69. The molecule has 86 valence electrons. The Kier molecular flexibility index (Phi) is 2.14.